The van der Waals surface area contributed by atoms with E-state index in [2.05, 4.69) is 10.6 Å². The average molecular weight is 287 g/mol. The van der Waals surface area contributed by atoms with Gasteiger partial charge in [-0.05, 0) is 50.4 Å². The monoisotopic (exact) mass is 287 g/mol. The first kappa shape index (κ1) is 15.3. The second-order valence-electron chi connectivity index (χ2n) is 5.25. The number of ether oxygens (including phenoxy) is 1. The van der Waals surface area contributed by atoms with Crippen molar-refractivity contribution in [3.63, 3.8) is 0 Å². The molecule has 5 heteroatoms. The summed E-state index contributed by atoms with van der Waals surface area (Å²) in [4.78, 5) is 12.0. The second kappa shape index (κ2) is 8.28. The first-order valence-corrected chi connectivity index (χ1v) is 7.38. The van der Waals surface area contributed by atoms with Gasteiger partial charge in [-0.15, -0.1) is 0 Å². The molecule has 112 valence electrons. The quantitative estimate of drug-likeness (QED) is 0.842. The van der Waals surface area contributed by atoms with Crippen molar-refractivity contribution in [2.75, 3.05) is 25.0 Å². The number of hydrogen-bond acceptors (Lipinski definition) is 4. The summed E-state index contributed by atoms with van der Waals surface area (Å²) in [7, 11) is 0. The van der Waals surface area contributed by atoms with Crippen molar-refractivity contribution in [2.45, 2.75) is 25.7 Å². The highest BCUT2D eigenvalue weighted by Crippen LogP contribution is 2.20. The van der Waals surface area contributed by atoms with Crippen LogP contribution < -0.4 is 15.4 Å². The van der Waals surface area contributed by atoms with Crippen LogP contribution in [0.3, 0.4) is 0 Å². The van der Waals surface area contributed by atoms with Crippen molar-refractivity contribution < 1.29 is 9.53 Å². The topological polar surface area (TPSA) is 74.1 Å². The number of nitrogens with zero attached hydrogens (tertiary/aromatic N) is 1. The standard InChI is InChI=1S/C16H21N3O2/c17-8-11-21-15-3-1-2-14(12-15)19-16(20)5-4-13-6-9-18-10-7-13/h1-3,12-13,18H,4-7,9-11H2,(H,19,20). The van der Waals surface area contributed by atoms with Crippen LogP contribution in [0.15, 0.2) is 24.3 Å². The number of benzene rings is 1. The minimum atomic E-state index is 0.00706. The van der Waals surface area contributed by atoms with Crippen molar-refractivity contribution >= 4 is 11.6 Å². The Kier molecular flexibility index (Phi) is 6.04. The third-order valence-corrected chi connectivity index (χ3v) is 3.66. The van der Waals surface area contributed by atoms with Gasteiger partial charge >= 0.3 is 0 Å². The van der Waals surface area contributed by atoms with E-state index in [1.165, 1.54) is 0 Å². The predicted molar refractivity (Wildman–Crippen MR) is 81.0 cm³/mol. The van der Waals surface area contributed by atoms with Gasteiger partial charge in [-0.1, -0.05) is 6.07 Å². The maximum atomic E-state index is 12.0. The maximum absolute atomic E-state index is 12.0. The smallest absolute Gasteiger partial charge is 0.224 e. The van der Waals surface area contributed by atoms with E-state index in [1.807, 2.05) is 12.1 Å². The van der Waals surface area contributed by atoms with E-state index in [-0.39, 0.29) is 12.5 Å². The van der Waals surface area contributed by atoms with Crippen LogP contribution in [0.5, 0.6) is 5.75 Å². The van der Waals surface area contributed by atoms with Gasteiger partial charge in [0.05, 0.1) is 0 Å². The molecular formula is C16H21N3O2. The normalized spacial score (nSPS) is 15.2. The van der Waals surface area contributed by atoms with Crippen LogP contribution in [0.2, 0.25) is 0 Å². The Bertz CT molecular complexity index is 504. The number of nitrogens with one attached hydrogen (secondary N) is 2. The van der Waals surface area contributed by atoms with Crippen LogP contribution >= 0.6 is 0 Å². The first-order chi connectivity index (χ1) is 10.3. The molecule has 5 nitrogen and oxygen atoms in total. The SMILES string of the molecule is N#CCOc1cccc(NC(=O)CCC2CCNCC2)c1. The molecule has 1 fully saturated rings. The largest absolute Gasteiger partial charge is 0.479 e. The molecule has 21 heavy (non-hydrogen) atoms. The average Bonchev–Trinajstić information content (AvgIpc) is 2.52. The van der Waals surface area contributed by atoms with Crippen LogP contribution in [0.25, 0.3) is 0 Å². The Hall–Kier alpha value is -2.06. The fourth-order valence-corrected chi connectivity index (χ4v) is 2.51. The minimum Gasteiger partial charge on any atom is -0.479 e. The Morgan fingerprint density at radius 2 is 2.24 bits per heavy atom. The lowest BCUT2D eigenvalue weighted by Gasteiger charge is -2.22. The van der Waals surface area contributed by atoms with Gasteiger partial charge < -0.3 is 15.4 Å². The maximum Gasteiger partial charge on any atom is 0.224 e. The summed E-state index contributed by atoms with van der Waals surface area (Å²) < 4.78 is 5.21. The molecule has 1 aliphatic heterocycles. The minimum absolute atomic E-state index is 0.00706. The highest BCUT2D eigenvalue weighted by atomic mass is 16.5. The Morgan fingerprint density at radius 3 is 3.00 bits per heavy atom. The van der Waals surface area contributed by atoms with Crippen LogP contribution in [0.1, 0.15) is 25.7 Å². The number of carbonyl (C=O) groups excluding carboxylic acids is 1. The molecule has 1 aliphatic rings. The number of piperidine rings is 1. The number of hydrogen-bond donors (Lipinski definition) is 2. The van der Waals surface area contributed by atoms with Gasteiger partial charge in [-0.25, -0.2) is 0 Å². The number of carbonyl (C=O) groups is 1. The number of anilines is 1. The van der Waals surface area contributed by atoms with E-state index in [1.54, 1.807) is 18.2 Å². The molecule has 0 atom stereocenters. The van der Waals surface area contributed by atoms with Gasteiger partial charge in [0.25, 0.3) is 0 Å². The van der Waals surface area contributed by atoms with Gasteiger partial charge in [-0.2, -0.15) is 5.26 Å². The molecular weight excluding hydrogens is 266 g/mol. The predicted octanol–water partition coefficient (Wildman–Crippen LogP) is 2.31. The summed E-state index contributed by atoms with van der Waals surface area (Å²) in [6, 6.07) is 9.04. The third-order valence-electron chi connectivity index (χ3n) is 3.66. The molecule has 0 aliphatic carbocycles. The summed E-state index contributed by atoms with van der Waals surface area (Å²) in [6.45, 7) is 2.13. The van der Waals surface area contributed by atoms with E-state index in [0.29, 0.717) is 23.8 Å². The van der Waals surface area contributed by atoms with E-state index in [9.17, 15) is 4.79 Å². The number of nitriles is 1. The fraction of sp³-hybridized carbons (Fsp3) is 0.500. The lowest BCUT2D eigenvalue weighted by molar-refractivity contribution is -0.116. The van der Waals surface area contributed by atoms with E-state index in [4.69, 9.17) is 10.00 Å². The van der Waals surface area contributed by atoms with Crippen molar-refractivity contribution in [1.82, 2.24) is 5.32 Å². The fourth-order valence-electron chi connectivity index (χ4n) is 2.51. The lowest BCUT2D eigenvalue weighted by atomic mass is 9.93. The number of rotatable bonds is 6. The highest BCUT2D eigenvalue weighted by Gasteiger charge is 2.14. The van der Waals surface area contributed by atoms with Crippen LogP contribution in [-0.4, -0.2) is 25.6 Å². The Labute approximate surface area is 125 Å². The zero-order valence-electron chi connectivity index (χ0n) is 12.1. The molecule has 1 saturated heterocycles. The molecule has 0 saturated carbocycles. The number of amides is 1. The summed E-state index contributed by atoms with van der Waals surface area (Å²) in [5.74, 6) is 1.28. The highest BCUT2D eigenvalue weighted by molar-refractivity contribution is 5.90. The zero-order valence-corrected chi connectivity index (χ0v) is 12.1. The molecule has 1 heterocycles. The van der Waals surface area contributed by atoms with Gasteiger partial charge in [-0.3, -0.25) is 4.79 Å². The van der Waals surface area contributed by atoms with Gasteiger partial charge in [0.2, 0.25) is 5.91 Å². The lowest BCUT2D eigenvalue weighted by Crippen LogP contribution is -2.28. The third kappa shape index (κ3) is 5.44. The molecule has 1 aromatic carbocycles. The summed E-state index contributed by atoms with van der Waals surface area (Å²) >= 11 is 0. The first-order valence-electron chi connectivity index (χ1n) is 7.38. The van der Waals surface area contributed by atoms with Crippen LogP contribution in [0, 0.1) is 17.2 Å². The summed E-state index contributed by atoms with van der Waals surface area (Å²) in [5, 5.41) is 14.7. The van der Waals surface area contributed by atoms with E-state index < -0.39 is 0 Å². The van der Waals surface area contributed by atoms with Crippen LogP contribution in [0.4, 0.5) is 5.69 Å². The van der Waals surface area contributed by atoms with Crippen molar-refractivity contribution in [1.29, 1.82) is 5.26 Å². The molecule has 0 radical (unpaired) electrons. The molecule has 0 bridgehead atoms. The molecule has 1 amide bonds. The van der Waals surface area contributed by atoms with Gasteiger partial charge in [0.15, 0.2) is 6.61 Å². The van der Waals surface area contributed by atoms with Crippen molar-refractivity contribution in [3.8, 4) is 11.8 Å². The van der Waals surface area contributed by atoms with Gasteiger partial charge in [0.1, 0.15) is 11.8 Å². The molecule has 1 aromatic rings. The Morgan fingerprint density at radius 1 is 1.43 bits per heavy atom. The van der Waals surface area contributed by atoms with Crippen molar-refractivity contribution in [3.05, 3.63) is 24.3 Å². The Balaban J connectivity index is 1.77. The van der Waals surface area contributed by atoms with Crippen molar-refractivity contribution in [2.24, 2.45) is 5.92 Å². The molecule has 0 aromatic heterocycles. The van der Waals surface area contributed by atoms with E-state index >= 15 is 0 Å². The molecule has 2 N–H and O–H groups in total. The van der Waals surface area contributed by atoms with E-state index in [0.717, 1.165) is 32.4 Å². The molecule has 2 rings (SSSR count). The summed E-state index contributed by atoms with van der Waals surface area (Å²) in [5.41, 5.74) is 0.709. The molecule has 0 unspecified atom stereocenters. The summed E-state index contributed by atoms with van der Waals surface area (Å²) in [6.07, 6.45) is 3.81. The zero-order chi connectivity index (χ0) is 14.9. The van der Waals surface area contributed by atoms with Gasteiger partial charge in [0, 0.05) is 18.2 Å². The second-order valence-corrected chi connectivity index (χ2v) is 5.25. The molecule has 0 spiro atoms. The van der Waals surface area contributed by atoms with Crippen LogP contribution in [-0.2, 0) is 4.79 Å².